The molecule has 1 heterocycles. The fourth-order valence-corrected chi connectivity index (χ4v) is 3.66. The molecule has 0 fully saturated rings. The number of anilines is 1. The summed E-state index contributed by atoms with van der Waals surface area (Å²) in [7, 11) is 0. The Morgan fingerprint density at radius 1 is 1.13 bits per heavy atom. The van der Waals surface area contributed by atoms with Gasteiger partial charge in [0.15, 0.2) is 6.61 Å². The Hall–Kier alpha value is -3.72. The highest BCUT2D eigenvalue weighted by molar-refractivity contribution is 7.15. The van der Waals surface area contributed by atoms with Crippen molar-refractivity contribution in [3.8, 4) is 16.9 Å². The monoisotopic (exact) mass is 426 g/mol. The minimum absolute atomic E-state index is 0.102. The number of carbonyl (C=O) groups is 2. The average molecular weight is 426 g/mol. The zero-order chi connectivity index (χ0) is 21.5. The van der Waals surface area contributed by atoms with Crippen LogP contribution < -0.4 is 10.1 Å². The Labute approximate surface area is 176 Å². The van der Waals surface area contributed by atoms with Crippen LogP contribution in [0.3, 0.4) is 0 Å². The number of hydrogen-bond acceptors (Lipinski definition) is 7. The van der Waals surface area contributed by atoms with Crippen molar-refractivity contribution in [1.82, 2.24) is 0 Å². The molecule has 0 radical (unpaired) electrons. The van der Waals surface area contributed by atoms with Crippen LogP contribution >= 0.6 is 11.3 Å². The van der Waals surface area contributed by atoms with Crippen molar-refractivity contribution < 1.29 is 24.0 Å². The topological polar surface area (TPSA) is 108 Å². The Bertz CT molecular complexity index is 1060. The van der Waals surface area contributed by atoms with Crippen LogP contribution in [-0.2, 0) is 9.53 Å². The number of nitrogens with one attached hydrogen (secondary N) is 1. The number of ether oxygens (including phenoxy) is 2. The van der Waals surface area contributed by atoms with Gasteiger partial charge in [0.2, 0.25) is 0 Å². The highest BCUT2D eigenvalue weighted by Gasteiger charge is 2.23. The quantitative estimate of drug-likeness (QED) is 0.322. The van der Waals surface area contributed by atoms with Crippen LogP contribution in [0.5, 0.6) is 5.75 Å². The summed E-state index contributed by atoms with van der Waals surface area (Å²) < 4.78 is 10.6. The van der Waals surface area contributed by atoms with E-state index in [0.717, 1.165) is 11.3 Å². The first-order chi connectivity index (χ1) is 14.5. The van der Waals surface area contributed by atoms with Gasteiger partial charge in [0.25, 0.3) is 11.6 Å². The van der Waals surface area contributed by atoms with E-state index in [2.05, 4.69) is 5.32 Å². The van der Waals surface area contributed by atoms with Crippen molar-refractivity contribution in [2.45, 2.75) is 6.92 Å². The van der Waals surface area contributed by atoms with Gasteiger partial charge in [-0.05, 0) is 24.6 Å². The molecule has 1 amide bonds. The molecular weight excluding hydrogens is 408 g/mol. The van der Waals surface area contributed by atoms with Gasteiger partial charge in [-0.15, -0.1) is 11.3 Å². The van der Waals surface area contributed by atoms with Gasteiger partial charge < -0.3 is 14.8 Å². The minimum Gasteiger partial charge on any atom is -0.484 e. The van der Waals surface area contributed by atoms with Gasteiger partial charge in [-0.2, -0.15) is 0 Å². The first-order valence-corrected chi connectivity index (χ1v) is 9.88. The number of carbonyl (C=O) groups excluding carboxylic acids is 2. The lowest BCUT2D eigenvalue weighted by atomic mass is 10.0. The summed E-state index contributed by atoms with van der Waals surface area (Å²) in [5.74, 6) is -0.530. The summed E-state index contributed by atoms with van der Waals surface area (Å²) in [6.45, 7) is 1.58. The number of rotatable bonds is 8. The SMILES string of the molecule is CCOC(=O)c1c(-c2cccc([N+](=O)[O-])c2)csc1NC(=O)COc1ccccc1. The predicted octanol–water partition coefficient (Wildman–Crippen LogP) is 4.52. The van der Waals surface area contributed by atoms with Crippen molar-refractivity contribution in [3.63, 3.8) is 0 Å². The summed E-state index contributed by atoms with van der Waals surface area (Å²) in [5.41, 5.74) is 0.969. The molecule has 9 heteroatoms. The van der Waals surface area contributed by atoms with Gasteiger partial charge in [0.1, 0.15) is 16.3 Å². The maximum absolute atomic E-state index is 12.6. The van der Waals surface area contributed by atoms with Crippen molar-refractivity contribution in [1.29, 1.82) is 0 Å². The zero-order valence-electron chi connectivity index (χ0n) is 16.0. The number of nitro benzene ring substituents is 1. The molecule has 3 rings (SSSR count). The summed E-state index contributed by atoms with van der Waals surface area (Å²) in [4.78, 5) is 35.5. The molecule has 0 aliphatic rings. The van der Waals surface area contributed by atoms with Crippen molar-refractivity contribution >= 4 is 33.9 Å². The lowest BCUT2D eigenvalue weighted by molar-refractivity contribution is -0.384. The van der Waals surface area contributed by atoms with E-state index in [1.807, 2.05) is 6.07 Å². The largest absolute Gasteiger partial charge is 0.484 e. The molecule has 2 aromatic carbocycles. The van der Waals surface area contributed by atoms with Crippen LogP contribution in [-0.4, -0.2) is 30.0 Å². The molecule has 0 spiro atoms. The third-order valence-corrected chi connectivity index (χ3v) is 4.90. The van der Waals surface area contributed by atoms with E-state index >= 15 is 0 Å². The summed E-state index contributed by atoms with van der Waals surface area (Å²) in [5, 5.41) is 15.7. The second-order valence-electron chi connectivity index (χ2n) is 6.03. The van der Waals surface area contributed by atoms with Crippen LogP contribution in [0.15, 0.2) is 60.0 Å². The number of hydrogen-bond donors (Lipinski definition) is 1. The first-order valence-electron chi connectivity index (χ1n) is 9.00. The van der Waals surface area contributed by atoms with Crippen molar-refractivity contribution in [3.05, 3.63) is 75.7 Å². The van der Waals surface area contributed by atoms with Gasteiger partial charge in [0.05, 0.1) is 11.5 Å². The maximum Gasteiger partial charge on any atom is 0.341 e. The molecule has 3 aromatic rings. The van der Waals surface area contributed by atoms with E-state index in [0.29, 0.717) is 16.9 Å². The van der Waals surface area contributed by atoms with Crippen LogP contribution in [0.4, 0.5) is 10.7 Å². The van der Waals surface area contributed by atoms with Crippen LogP contribution in [0.1, 0.15) is 17.3 Å². The van der Waals surface area contributed by atoms with Gasteiger partial charge in [-0.25, -0.2) is 4.79 Å². The van der Waals surface area contributed by atoms with Crippen LogP contribution in [0.2, 0.25) is 0 Å². The number of benzene rings is 2. The fraction of sp³-hybridized carbons (Fsp3) is 0.143. The van der Waals surface area contributed by atoms with Crippen molar-refractivity contribution in [2.75, 3.05) is 18.5 Å². The normalized spacial score (nSPS) is 10.3. The minimum atomic E-state index is -0.625. The highest BCUT2D eigenvalue weighted by atomic mass is 32.1. The van der Waals surface area contributed by atoms with E-state index < -0.39 is 16.8 Å². The molecule has 1 N–H and O–H groups in total. The molecule has 0 unspecified atom stereocenters. The Balaban J connectivity index is 1.86. The zero-order valence-corrected chi connectivity index (χ0v) is 16.8. The summed E-state index contributed by atoms with van der Waals surface area (Å²) >= 11 is 1.13. The second-order valence-corrected chi connectivity index (χ2v) is 6.91. The molecule has 8 nitrogen and oxygen atoms in total. The number of nitrogens with zero attached hydrogens (tertiary/aromatic N) is 1. The number of nitro groups is 1. The molecule has 1 aromatic heterocycles. The second kappa shape index (κ2) is 9.66. The fourth-order valence-electron chi connectivity index (χ4n) is 2.68. The van der Waals surface area contributed by atoms with Crippen LogP contribution in [0.25, 0.3) is 11.1 Å². The van der Waals surface area contributed by atoms with Gasteiger partial charge in [-0.1, -0.05) is 30.3 Å². The summed E-state index contributed by atoms with van der Waals surface area (Å²) in [6.07, 6.45) is 0. The average Bonchev–Trinajstić information content (AvgIpc) is 3.17. The van der Waals surface area contributed by atoms with Gasteiger partial charge >= 0.3 is 5.97 Å². The molecule has 30 heavy (non-hydrogen) atoms. The van der Waals surface area contributed by atoms with Gasteiger partial charge in [-0.3, -0.25) is 14.9 Å². The van der Waals surface area contributed by atoms with E-state index in [1.165, 1.54) is 18.2 Å². The molecule has 0 saturated heterocycles. The Morgan fingerprint density at radius 2 is 1.90 bits per heavy atom. The van der Waals surface area contributed by atoms with Crippen LogP contribution in [0, 0.1) is 10.1 Å². The number of non-ortho nitro benzene ring substituents is 1. The standard InChI is InChI=1S/C21H18N2O6S/c1-2-28-21(25)19-17(14-7-6-8-15(11-14)23(26)27)13-30-20(19)22-18(24)12-29-16-9-4-3-5-10-16/h3-11,13H,2,12H2,1H3,(H,22,24). The molecule has 0 saturated carbocycles. The summed E-state index contributed by atoms with van der Waals surface area (Å²) in [6, 6.07) is 14.8. The van der Waals surface area contributed by atoms with E-state index in [-0.39, 0.29) is 29.5 Å². The first kappa shape index (κ1) is 21.0. The molecule has 0 aliphatic heterocycles. The van der Waals surface area contributed by atoms with E-state index in [1.54, 1.807) is 42.6 Å². The number of thiophene rings is 1. The third-order valence-electron chi connectivity index (χ3n) is 4.00. The predicted molar refractivity (Wildman–Crippen MR) is 113 cm³/mol. The molecule has 0 bridgehead atoms. The lowest BCUT2D eigenvalue weighted by Crippen LogP contribution is -2.21. The number of amides is 1. The Morgan fingerprint density at radius 3 is 2.60 bits per heavy atom. The number of para-hydroxylation sites is 1. The molecular formula is C21H18N2O6S. The van der Waals surface area contributed by atoms with E-state index in [9.17, 15) is 19.7 Å². The van der Waals surface area contributed by atoms with E-state index in [4.69, 9.17) is 9.47 Å². The smallest absolute Gasteiger partial charge is 0.341 e. The van der Waals surface area contributed by atoms with Crippen molar-refractivity contribution in [2.24, 2.45) is 0 Å². The maximum atomic E-state index is 12.6. The number of esters is 1. The third kappa shape index (κ3) is 5.00. The van der Waals surface area contributed by atoms with Gasteiger partial charge in [0, 0.05) is 23.1 Å². The molecule has 0 aliphatic carbocycles. The lowest BCUT2D eigenvalue weighted by Gasteiger charge is -2.09. The molecule has 154 valence electrons. The highest BCUT2D eigenvalue weighted by Crippen LogP contribution is 2.37. The Kier molecular flexibility index (Phi) is 6.76. The molecule has 0 atom stereocenters.